The summed E-state index contributed by atoms with van der Waals surface area (Å²) >= 11 is 5.05. The minimum atomic E-state index is -0.476. The molecule has 16 heavy (non-hydrogen) atoms. The number of aliphatic hydroxyl groups excluding tert-OH is 1. The van der Waals surface area contributed by atoms with Crippen molar-refractivity contribution in [2.45, 2.75) is 19.4 Å². The van der Waals surface area contributed by atoms with Crippen LogP contribution < -0.4 is 0 Å². The Morgan fingerprint density at radius 3 is 2.94 bits per heavy atom. The molecule has 2 nitrogen and oxygen atoms in total. The number of aromatic nitrogens is 1. The Hall–Kier alpha value is -0.710. The first kappa shape index (κ1) is 11.8. The number of aliphatic hydroxyl groups is 1. The highest BCUT2D eigenvalue weighted by Gasteiger charge is 2.12. The molecule has 2 rings (SSSR count). The number of aryl methyl sites for hydroxylation is 1. The maximum Gasteiger partial charge on any atom is 0.0849 e. The SMILES string of the molecule is Cc1ccc(C(O)Cc2cncs2)c(Br)c1. The van der Waals surface area contributed by atoms with Crippen LogP contribution in [0.4, 0.5) is 0 Å². The molecule has 2 aromatic rings. The van der Waals surface area contributed by atoms with E-state index in [1.165, 1.54) is 5.56 Å². The second kappa shape index (κ2) is 5.08. The van der Waals surface area contributed by atoms with Crippen LogP contribution in [0.25, 0.3) is 0 Å². The minimum Gasteiger partial charge on any atom is -0.388 e. The van der Waals surface area contributed by atoms with E-state index in [-0.39, 0.29) is 0 Å². The molecule has 1 aromatic heterocycles. The Bertz CT molecular complexity index is 470. The number of halogens is 1. The van der Waals surface area contributed by atoms with E-state index in [1.807, 2.05) is 25.1 Å². The molecule has 0 saturated carbocycles. The molecule has 4 heteroatoms. The molecule has 1 aromatic carbocycles. The number of thiazole rings is 1. The molecule has 1 N–H and O–H groups in total. The molecule has 1 unspecified atom stereocenters. The minimum absolute atomic E-state index is 0.476. The van der Waals surface area contributed by atoms with Crippen LogP contribution in [-0.2, 0) is 6.42 Å². The van der Waals surface area contributed by atoms with E-state index in [1.54, 1.807) is 23.0 Å². The van der Waals surface area contributed by atoms with Crippen LogP contribution in [0.15, 0.2) is 34.4 Å². The predicted octanol–water partition coefficient (Wildman–Crippen LogP) is 3.49. The average Bonchev–Trinajstić information content (AvgIpc) is 2.70. The van der Waals surface area contributed by atoms with Gasteiger partial charge in [0.05, 0.1) is 11.6 Å². The average molecular weight is 298 g/mol. The van der Waals surface area contributed by atoms with Crippen molar-refractivity contribution >= 4 is 27.3 Å². The van der Waals surface area contributed by atoms with Crippen LogP contribution >= 0.6 is 27.3 Å². The number of hydrogen-bond acceptors (Lipinski definition) is 3. The van der Waals surface area contributed by atoms with Crippen molar-refractivity contribution in [1.29, 1.82) is 0 Å². The highest BCUT2D eigenvalue weighted by molar-refractivity contribution is 9.10. The van der Waals surface area contributed by atoms with Crippen molar-refractivity contribution in [3.8, 4) is 0 Å². The molecule has 0 aliphatic rings. The van der Waals surface area contributed by atoms with Gasteiger partial charge in [0.1, 0.15) is 0 Å². The van der Waals surface area contributed by atoms with Gasteiger partial charge in [0.15, 0.2) is 0 Å². The lowest BCUT2D eigenvalue weighted by atomic mass is 10.0. The van der Waals surface area contributed by atoms with Crippen LogP contribution in [0.1, 0.15) is 22.1 Å². The molecule has 0 amide bonds. The lowest BCUT2D eigenvalue weighted by Crippen LogP contribution is -2.01. The second-order valence-electron chi connectivity index (χ2n) is 3.71. The van der Waals surface area contributed by atoms with Gasteiger partial charge >= 0.3 is 0 Å². The van der Waals surface area contributed by atoms with Gasteiger partial charge in [-0.3, -0.25) is 4.98 Å². The molecule has 0 radical (unpaired) electrons. The largest absolute Gasteiger partial charge is 0.388 e. The summed E-state index contributed by atoms with van der Waals surface area (Å²) in [6.07, 6.45) is 1.94. The van der Waals surface area contributed by atoms with Gasteiger partial charge < -0.3 is 5.11 Å². The number of rotatable bonds is 3. The summed E-state index contributed by atoms with van der Waals surface area (Å²) in [6.45, 7) is 2.03. The van der Waals surface area contributed by atoms with E-state index in [0.29, 0.717) is 6.42 Å². The lowest BCUT2D eigenvalue weighted by Gasteiger charge is -2.12. The standard InChI is InChI=1S/C12H12BrNOS/c1-8-2-3-10(11(13)4-8)12(15)5-9-6-14-7-16-9/h2-4,6-7,12,15H,5H2,1H3. The molecule has 84 valence electrons. The fraction of sp³-hybridized carbons (Fsp3) is 0.250. The molecule has 0 spiro atoms. The van der Waals surface area contributed by atoms with Crippen molar-refractivity contribution < 1.29 is 5.11 Å². The van der Waals surface area contributed by atoms with E-state index in [9.17, 15) is 5.11 Å². The molecule has 0 fully saturated rings. The molecule has 0 bridgehead atoms. The fourth-order valence-corrected chi connectivity index (χ4v) is 2.94. The zero-order chi connectivity index (χ0) is 11.5. The summed E-state index contributed by atoms with van der Waals surface area (Å²) in [6, 6.07) is 5.99. The highest BCUT2D eigenvalue weighted by atomic mass is 79.9. The Morgan fingerprint density at radius 2 is 2.31 bits per heavy atom. The third-order valence-corrected chi connectivity index (χ3v) is 3.88. The Morgan fingerprint density at radius 1 is 1.50 bits per heavy atom. The number of benzene rings is 1. The quantitative estimate of drug-likeness (QED) is 0.941. The Balaban J connectivity index is 2.17. The van der Waals surface area contributed by atoms with Crippen LogP contribution in [0.3, 0.4) is 0 Å². The zero-order valence-electron chi connectivity index (χ0n) is 8.85. The number of hydrogen-bond donors (Lipinski definition) is 1. The molecule has 1 atom stereocenters. The maximum atomic E-state index is 10.1. The van der Waals surface area contributed by atoms with Gasteiger partial charge in [0, 0.05) is 22.0 Å². The van der Waals surface area contributed by atoms with E-state index >= 15 is 0 Å². The van der Waals surface area contributed by atoms with Gasteiger partial charge in [-0.1, -0.05) is 28.1 Å². The topological polar surface area (TPSA) is 33.1 Å². The first-order valence-electron chi connectivity index (χ1n) is 4.98. The van der Waals surface area contributed by atoms with Gasteiger partial charge in [-0.2, -0.15) is 0 Å². The van der Waals surface area contributed by atoms with Crippen molar-refractivity contribution in [1.82, 2.24) is 4.98 Å². The summed E-state index contributed by atoms with van der Waals surface area (Å²) in [5.74, 6) is 0. The van der Waals surface area contributed by atoms with E-state index < -0.39 is 6.10 Å². The number of nitrogens with zero attached hydrogens (tertiary/aromatic N) is 1. The van der Waals surface area contributed by atoms with E-state index in [0.717, 1.165) is 14.9 Å². The Kier molecular flexibility index (Phi) is 3.74. The maximum absolute atomic E-state index is 10.1. The molecular weight excluding hydrogens is 286 g/mol. The highest BCUT2D eigenvalue weighted by Crippen LogP contribution is 2.27. The van der Waals surface area contributed by atoms with Gasteiger partial charge in [0.25, 0.3) is 0 Å². The summed E-state index contributed by atoms with van der Waals surface area (Å²) < 4.78 is 0.963. The van der Waals surface area contributed by atoms with Gasteiger partial charge in [-0.05, 0) is 24.1 Å². The monoisotopic (exact) mass is 297 g/mol. The molecule has 0 aliphatic heterocycles. The van der Waals surface area contributed by atoms with Crippen molar-refractivity contribution in [3.63, 3.8) is 0 Å². The van der Waals surface area contributed by atoms with E-state index in [4.69, 9.17) is 0 Å². The fourth-order valence-electron chi connectivity index (χ4n) is 1.55. The van der Waals surface area contributed by atoms with Gasteiger partial charge in [-0.25, -0.2) is 0 Å². The smallest absolute Gasteiger partial charge is 0.0849 e. The first-order valence-corrected chi connectivity index (χ1v) is 6.65. The summed E-state index contributed by atoms with van der Waals surface area (Å²) in [7, 11) is 0. The van der Waals surface area contributed by atoms with Crippen LogP contribution in [0.5, 0.6) is 0 Å². The first-order chi connectivity index (χ1) is 7.66. The normalized spacial score (nSPS) is 12.7. The summed E-state index contributed by atoms with van der Waals surface area (Å²) in [5, 5.41) is 10.1. The Labute approximate surface area is 107 Å². The third-order valence-electron chi connectivity index (χ3n) is 2.39. The predicted molar refractivity (Wildman–Crippen MR) is 69.7 cm³/mol. The van der Waals surface area contributed by atoms with Gasteiger partial charge in [0.2, 0.25) is 0 Å². The van der Waals surface area contributed by atoms with Crippen LogP contribution in [-0.4, -0.2) is 10.1 Å². The third kappa shape index (κ3) is 2.70. The van der Waals surface area contributed by atoms with Crippen LogP contribution in [0, 0.1) is 6.92 Å². The summed E-state index contributed by atoms with van der Waals surface area (Å²) in [5.41, 5.74) is 3.89. The molecular formula is C12H12BrNOS. The van der Waals surface area contributed by atoms with Crippen molar-refractivity contribution in [2.75, 3.05) is 0 Å². The lowest BCUT2D eigenvalue weighted by molar-refractivity contribution is 0.178. The summed E-state index contributed by atoms with van der Waals surface area (Å²) in [4.78, 5) is 5.10. The van der Waals surface area contributed by atoms with Crippen molar-refractivity contribution in [2.24, 2.45) is 0 Å². The van der Waals surface area contributed by atoms with E-state index in [2.05, 4.69) is 20.9 Å². The zero-order valence-corrected chi connectivity index (χ0v) is 11.3. The molecule has 0 saturated heterocycles. The second-order valence-corrected chi connectivity index (χ2v) is 5.54. The molecule has 1 heterocycles. The van der Waals surface area contributed by atoms with Gasteiger partial charge in [-0.15, -0.1) is 11.3 Å². The molecule has 0 aliphatic carbocycles. The van der Waals surface area contributed by atoms with Crippen LogP contribution in [0.2, 0.25) is 0 Å². The van der Waals surface area contributed by atoms with Crippen molar-refractivity contribution in [3.05, 3.63) is 50.4 Å².